The monoisotopic (exact) mass is 342 g/mol. The zero-order valence-electron chi connectivity index (χ0n) is 15.7. The van der Waals surface area contributed by atoms with Crippen LogP contribution in [0.3, 0.4) is 0 Å². The van der Waals surface area contributed by atoms with Gasteiger partial charge in [-0.1, -0.05) is 32.0 Å². The highest BCUT2D eigenvalue weighted by Gasteiger charge is 2.34. The minimum absolute atomic E-state index is 0.00447. The molecule has 1 heterocycles. The highest BCUT2D eigenvalue weighted by molar-refractivity contribution is 5.89. The van der Waals surface area contributed by atoms with E-state index in [1.54, 1.807) is 0 Å². The van der Waals surface area contributed by atoms with Gasteiger partial charge in [-0.25, -0.2) is 0 Å². The van der Waals surface area contributed by atoms with Crippen LogP contribution in [0.1, 0.15) is 62.8 Å². The fourth-order valence-electron chi connectivity index (χ4n) is 4.00. The quantitative estimate of drug-likeness (QED) is 0.893. The number of nitrogens with one attached hydrogen (secondary N) is 1. The molecule has 25 heavy (non-hydrogen) atoms. The van der Waals surface area contributed by atoms with Crippen LogP contribution >= 0.6 is 0 Å². The van der Waals surface area contributed by atoms with Crippen molar-refractivity contribution in [2.75, 3.05) is 13.1 Å². The fraction of sp³-hybridized carbons (Fsp3) is 0.619. The maximum absolute atomic E-state index is 12.6. The van der Waals surface area contributed by atoms with Gasteiger partial charge in [-0.2, -0.15) is 0 Å². The molecule has 0 spiro atoms. The summed E-state index contributed by atoms with van der Waals surface area (Å²) in [6, 6.07) is 6.59. The first-order chi connectivity index (χ1) is 11.9. The summed E-state index contributed by atoms with van der Waals surface area (Å²) < 4.78 is 0. The minimum Gasteiger partial charge on any atom is -0.349 e. The number of benzene rings is 1. The Morgan fingerprint density at radius 3 is 2.64 bits per heavy atom. The zero-order valence-corrected chi connectivity index (χ0v) is 15.7. The van der Waals surface area contributed by atoms with Crippen LogP contribution in [0.15, 0.2) is 18.2 Å². The van der Waals surface area contributed by atoms with E-state index in [9.17, 15) is 9.59 Å². The summed E-state index contributed by atoms with van der Waals surface area (Å²) in [7, 11) is 0. The van der Waals surface area contributed by atoms with E-state index in [1.807, 2.05) is 11.8 Å². The molecule has 2 atom stereocenters. The molecule has 0 saturated carbocycles. The number of hydrogen-bond donors (Lipinski definition) is 1. The third-order valence-electron chi connectivity index (χ3n) is 5.40. The molecule has 1 aromatic rings. The Labute approximate surface area is 151 Å². The van der Waals surface area contributed by atoms with Crippen molar-refractivity contribution in [1.82, 2.24) is 10.2 Å². The molecule has 1 aromatic carbocycles. The average molecular weight is 342 g/mol. The van der Waals surface area contributed by atoms with Crippen LogP contribution in [0, 0.1) is 11.8 Å². The third-order valence-corrected chi connectivity index (χ3v) is 5.40. The number of nitrogens with zero attached hydrogens (tertiary/aromatic N) is 1. The summed E-state index contributed by atoms with van der Waals surface area (Å²) >= 11 is 0. The molecule has 1 fully saturated rings. The van der Waals surface area contributed by atoms with Gasteiger partial charge in [0, 0.05) is 19.5 Å². The Hall–Kier alpha value is -1.84. The smallest absolute Gasteiger partial charge is 0.225 e. The number of likely N-dealkylation sites (tertiary alicyclic amines) is 1. The van der Waals surface area contributed by atoms with Crippen molar-refractivity contribution in [2.24, 2.45) is 11.8 Å². The Kier molecular flexibility index (Phi) is 5.45. The van der Waals surface area contributed by atoms with Crippen LogP contribution in [-0.2, 0) is 22.4 Å². The Morgan fingerprint density at radius 1 is 1.20 bits per heavy atom. The first kappa shape index (κ1) is 18.0. The van der Waals surface area contributed by atoms with Crippen molar-refractivity contribution < 1.29 is 9.59 Å². The predicted octanol–water partition coefficient (Wildman–Crippen LogP) is 3.25. The van der Waals surface area contributed by atoms with Crippen molar-refractivity contribution in [2.45, 2.75) is 58.9 Å². The Bertz CT molecular complexity index is 653. The Morgan fingerprint density at radius 2 is 1.92 bits per heavy atom. The molecule has 1 aliphatic carbocycles. The van der Waals surface area contributed by atoms with Crippen LogP contribution in [0.5, 0.6) is 0 Å². The minimum atomic E-state index is -0.216. The number of carbonyl (C=O) groups excluding carboxylic acids is 2. The summed E-state index contributed by atoms with van der Waals surface area (Å²) in [4.78, 5) is 26.5. The van der Waals surface area contributed by atoms with Crippen LogP contribution in [0.4, 0.5) is 0 Å². The molecule has 1 N–H and O–H groups in total. The van der Waals surface area contributed by atoms with E-state index in [1.165, 1.54) is 30.4 Å². The normalized spacial score (nSPS) is 21.4. The average Bonchev–Trinajstić information content (AvgIpc) is 2.94. The summed E-state index contributed by atoms with van der Waals surface area (Å²) in [5.41, 5.74) is 4.06. The van der Waals surface area contributed by atoms with Gasteiger partial charge in [0.25, 0.3) is 0 Å². The molecule has 0 aromatic heterocycles. The lowest BCUT2D eigenvalue weighted by Gasteiger charge is -2.22. The van der Waals surface area contributed by atoms with Gasteiger partial charge < -0.3 is 10.2 Å². The van der Waals surface area contributed by atoms with Crippen LogP contribution in [0.2, 0.25) is 0 Å². The van der Waals surface area contributed by atoms with Crippen LogP contribution < -0.4 is 5.32 Å². The van der Waals surface area contributed by atoms with Crippen molar-refractivity contribution in [3.63, 3.8) is 0 Å². The van der Waals surface area contributed by atoms with Crippen molar-refractivity contribution in [3.8, 4) is 0 Å². The lowest BCUT2D eigenvalue weighted by atomic mass is 9.89. The SMILES string of the molecule is CC(C)CN1C[C@H](C(=O)N[C@@H](C)c2ccc3c(c2)CCCC3)CC1=O. The summed E-state index contributed by atoms with van der Waals surface area (Å²) in [5.74, 6) is 0.326. The number of fused-ring (bicyclic) bond motifs is 1. The number of carbonyl (C=O) groups is 2. The maximum Gasteiger partial charge on any atom is 0.225 e. The second-order valence-electron chi connectivity index (χ2n) is 8.06. The zero-order chi connectivity index (χ0) is 18.0. The lowest BCUT2D eigenvalue weighted by Crippen LogP contribution is -2.35. The molecular formula is C21H30N2O2. The molecule has 0 radical (unpaired) electrons. The number of rotatable bonds is 5. The molecular weight excluding hydrogens is 312 g/mol. The molecule has 0 unspecified atom stereocenters. The van der Waals surface area contributed by atoms with Crippen molar-refractivity contribution in [1.29, 1.82) is 0 Å². The summed E-state index contributed by atoms with van der Waals surface area (Å²) in [6.45, 7) is 7.52. The van der Waals surface area contributed by atoms with Gasteiger partial charge in [-0.15, -0.1) is 0 Å². The predicted molar refractivity (Wildman–Crippen MR) is 99.2 cm³/mol. The van der Waals surface area contributed by atoms with E-state index in [2.05, 4.69) is 37.4 Å². The van der Waals surface area contributed by atoms with E-state index >= 15 is 0 Å². The van der Waals surface area contributed by atoms with Crippen molar-refractivity contribution >= 4 is 11.8 Å². The first-order valence-electron chi connectivity index (χ1n) is 9.64. The van der Waals surface area contributed by atoms with Gasteiger partial charge in [0.1, 0.15) is 0 Å². The number of aryl methyl sites for hydroxylation is 2. The molecule has 1 aliphatic heterocycles. The second-order valence-corrected chi connectivity index (χ2v) is 8.06. The number of amides is 2. The van der Waals surface area contributed by atoms with E-state index in [0.29, 0.717) is 18.9 Å². The summed E-state index contributed by atoms with van der Waals surface area (Å²) in [5, 5.41) is 3.12. The molecule has 4 heteroatoms. The van der Waals surface area contributed by atoms with E-state index < -0.39 is 0 Å². The standard InChI is InChI=1S/C21H30N2O2/c1-14(2)12-23-13-19(11-20(23)24)21(25)22-15(3)17-9-8-16-6-4-5-7-18(16)10-17/h8-10,14-15,19H,4-7,11-13H2,1-3H3,(H,22,25)/t15-,19+/m0/s1. The Balaban J connectivity index is 1.60. The molecule has 2 aliphatic rings. The van der Waals surface area contributed by atoms with E-state index in [-0.39, 0.29) is 23.8 Å². The van der Waals surface area contributed by atoms with E-state index in [4.69, 9.17) is 0 Å². The third kappa shape index (κ3) is 4.23. The van der Waals surface area contributed by atoms with Gasteiger partial charge in [-0.05, 0) is 55.2 Å². The molecule has 2 amide bonds. The molecule has 3 rings (SSSR count). The van der Waals surface area contributed by atoms with Crippen LogP contribution in [0.25, 0.3) is 0 Å². The lowest BCUT2D eigenvalue weighted by molar-refractivity contribution is -0.129. The van der Waals surface area contributed by atoms with Gasteiger partial charge in [0.2, 0.25) is 11.8 Å². The van der Waals surface area contributed by atoms with Crippen molar-refractivity contribution in [3.05, 3.63) is 34.9 Å². The van der Waals surface area contributed by atoms with Gasteiger partial charge in [0.05, 0.1) is 12.0 Å². The van der Waals surface area contributed by atoms with Gasteiger partial charge >= 0.3 is 0 Å². The van der Waals surface area contributed by atoms with E-state index in [0.717, 1.165) is 18.5 Å². The highest BCUT2D eigenvalue weighted by atomic mass is 16.2. The second kappa shape index (κ2) is 7.59. The fourth-order valence-corrected chi connectivity index (χ4v) is 4.00. The molecule has 0 bridgehead atoms. The maximum atomic E-state index is 12.6. The number of hydrogen-bond acceptors (Lipinski definition) is 2. The first-order valence-corrected chi connectivity index (χ1v) is 9.64. The molecule has 1 saturated heterocycles. The highest BCUT2D eigenvalue weighted by Crippen LogP contribution is 2.26. The topological polar surface area (TPSA) is 49.4 Å². The largest absolute Gasteiger partial charge is 0.349 e. The molecule has 136 valence electrons. The summed E-state index contributed by atoms with van der Waals surface area (Å²) in [6.07, 6.45) is 5.20. The molecule has 4 nitrogen and oxygen atoms in total. The van der Waals surface area contributed by atoms with Gasteiger partial charge in [0.15, 0.2) is 0 Å². The van der Waals surface area contributed by atoms with Gasteiger partial charge in [-0.3, -0.25) is 9.59 Å². The van der Waals surface area contributed by atoms with Crippen LogP contribution in [-0.4, -0.2) is 29.8 Å².